The minimum atomic E-state index is 0.118. The van der Waals surface area contributed by atoms with Crippen molar-refractivity contribution in [1.82, 2.24) is 15.5 Å². The van der Waals surface area contributed by atoms with E-state index in [9.17, 15) is 4.79 Å². The summed E-state index contributed by atoms with van der Waals surface area (Å²) in [5.74, 6) is 0.879. The van der Waals surface area contributed by atoms with Gasteiger partial charge in [-0.25, -0.2) is 0 Å². The molecule has 4 nitrogen and oxygen atoms in total. The van der Waals surface area contributed by atoms with Gasteiger partial charge in [0.15, 0.2) is 0 Å². The van der Waals surface area contributed by atoms with Crippen LogP contribution in [0, 0.1) is 5.92 Å². The van der Waals surface area contributed by atoms with E-state index in [-0.39, 0.29) is 5.91 Å². The van der Waals surface area contributed by atoms with E-state index in [1.165, 1.54) is 16.9 Å². The zero-order valence-corrected chi connectivity index (χ0v) is 14.3. The summed E-state index contributed by atoms with van der Waals surface area (Å²) in [6.45, 7) is 8.60. The number of hydrogen-bond donors (Lipinski definition) is 2. The van der Waals surface area contributed by atoms with E-state index in [1.54, 1.807) is 11.3 Å². The van der Waals surface area contributed by atoms with Crippen molar-refractivity contribution >= 4 is 17.2 Å². The van der Waals surface area contributed by atoms with E-state index < -0.39 is 0 Å². The number of carbonyl (C=O) groups is 1. The Morgan fingerprint density at radius 2 is 2.27 bits per heavy atom. The van der Waals surface area contributed by atoms with Crippen LogP contribution in [0.1, 0.15) is 39.9 Å². The van der Waals surface area contributed by atoms with Crippen LogP contribution in [-0.2, 0) is 12.8 Å². The van der Waals surface area contributed by atoms with E-state index in [0.29, 0.717) is 0 Å². The number of hydrogen-bond acceptors (Lipinski definition) is 4. The fourth-order valence-corrected chi connectivity index (χ4v) is 4.47. The maximum Gasteiger partial charge on any atom is 0.261 e. The second-order valence-electron chi connectivity index (χ2n) is 6.61. The Labute approximate surface area is 137 Å². The molecule has 3 rings (SSSR count). The minimum absolute atomic E-state index is 0.118. The number of carbonyl (C=O) groups excluding carboxylic acids is 1. The fourth-order valence-electron chi connectivity index (χ4n) is 3.34. The maximum absolute atomic E-state index is 12.3. The molecule has 1 saturated heterocycles. The van der Waals surface area contributed by atoms with Crippen molar-refractivity contribution in [1.29, 1.82) is 0 Å². The first-order valence-electron chi connectivity index (χ1n) is 8.55. The normalized spacial score (nSPS) is 22.3. The summed E-state index contributed by atoms with van der Waals surface area (Å²) in [4.78, 5) is 17.1. The van der Waals surface area contributed by atoms with Crippen LogP contribution in [0.25, 0.3) is 0 Å². The van der Waals surface area contributed by atoms with Crippen LogP contribution in [0.2, 0.25) is 0 Å². The van der Waals surface area contributed by atoms with Crippen molar-refractivity contribution in [3.63, 3.8) is 0 Å². The quantitative estimate of drug-likeness (QED) is 0.814. The average molecular weight is 321 g/mol. The Balaban J connectivity index is 1.42. The van der Waals surface area contributed by atoms with Gasteiger partial charge in [0.1, 0.15) is 0 Å². The number of nitrogens with zero attached hydrogens (tertiary/aromatic N) is 1. The van der Waals surface area contributed by atoms with Gasteiger partial charge in [-0.15, -0.1) is 11.3 Å². The lowest BCUT2D eigenvalue weighted by atomic mass is 9.90. The van der Waals surface area contributed by atoms with Gasteiger partial charge in [-0.05, 0) is 49.8 Å². The van der Waals surface area contributed by atoms with Gasteiger partial charge in [-0.1, -0.05) is 6.92 Å². The summed E-state index contributed by atoms with van der Waals surface area (Å²) in [5.41, 5.74) is 1.41. The maximum atomic E-state index is 12.3. The van der Waals surface area contributed by atoms with Gasteiger partial charge in [0.2, 0.25) is 0 Å². The van der Waals surface area contributed by atoms with Gasteiger partial charge in [0.05, 0.1) is 4.88 Å². The number of nitrogens with one attached hydrogen (secondary N) is 2. The molecular weight excluding hydrogens is 294 g/mol. The van der Waals surface area contributed by atoms with Gasteiger partial charge >= 0.3 is 0 Å². The summed E-state index contributed by atoms with van der Waals surface area (Å²) in [6, 6.07) is 2.13. The fraction of sp³-hybridized carbons (Fsp3) is 0.706. The molecule has 0 spiro atoms. The first-order valence-corrected chi connectivity index (χ1v) is 9.37. The van der Waals surface area contributed by atoms with E-state index >= 15 is 0 Å². The standard InChI is InChI=1S/C17H27N3OS/c1-13-3-4-15-14(11-13)12-16(22-15)17(21)19-5-2-8-20-9-6-18-7-10-20/h12-13,18H,2-11H2,1H3,(H,19,21). The molecule has 1 aromatic heterocycles. The van der Waals surface area contributed by atoms with Crippen molar-refractivity contribution in [2.45, 2.75) is 32.6 Å². The highest BCUT2D eigenvalue weighted by Crippen LogP contribution is 2.32. The number of thiophene rings is 1. The third-order valence-corrected chi connectivity index (χ3v) is 5.94. The summed E-state index contributed by atoms with van der Waals surface area (Å²) in [6.07, 6.45) is 4.59. The third-order valence-electron chi connectivity index (χ3n) is 4.70. The molecule has 1 fully saturated rings. The topological polar surface area (TPSA) is 44.4 Å². The molecule has 1 unspecified atom stereocenters. The van der Waals surface area contributed by atoms with Crippen LogP contribution in [0.15, 0.2) is 6.07 Å². The predicted molar refractivity (Wildman–Crippen MR) is 91.8 cm³/mol. The van der Waals surface area contributed by atoms with Crippen LogP contribution in [-0.4, -0.2) is 50.1 Å². The third kappa shape index (κ3) is 4.09. The zero-order valence-electron chi connectivity index (χ0n) is 13.5. The molecule has 122 valence electrons. The zero-order chi connectivity index (χ0) is 15.4. The molecule has 1 aromatic rings. The largest absolute Gasteiger partial charge is 0.351 e. The highest BCUT2D eigenvalue weighted by atomic mass is 32.1. The van der Waals surface area contributed by atoms with Crippen LogP contribution in [0.3, 0.4) is 0 Å². The number of aryl methyl sites for hydroxylation is 1. The molecule has 22 heavy (non-hydrogen) atoms. The van der Waals surface area contributed by atoms with Crippen molar-refractivity contribution in [2.24, 2.45) is 5.92 Å². The minimum Gasteiger partial charge on any atom is -0.351 e. The lowest BCUT2D eigenvalue weighted by Crippen LogP contribution is -2.44. The molecule has 1 aliphatic heterocycles. The highest BCUT2D eigenvalue weighted by molar-refractivity contribution is 7.14. The van der Waals surface area contributed by atoms with E-state index in [0.717, 1.165) is 69.3 Å². The number of piperazine rings is 1. The smallest absolute Gasteiger partial charge is 0.261 e. The molecule has 1 atom stereocenters. The van der Waals surface area contributed by atoms with Gasteiger partial charge in [-0.2, -0.15) is 0 Å². The summed E-state index contributed by atoms with van der Waals surface area (Å²) < 4.78 is 0. The molecule has 2 N–H and O–H groups in total. The molecule has 0 aromatic carbocycles. The van der Waals surface area contributed by atoms with Gasteiger partial charge in [0, 0.05) is 37.6 Å². The van der Waals surface area contributed by atoms with Crippen molar-refractivity contribution in [2.75, 3.05) is 39.3 Å². The number of fused-ring (bicyclic) bond motifs is 1. The second-order valence-corrected chi connectivity index (χ2v) is 7.74. The predicted octanol–water partition coefficient (Wildman–Crippen LogP) is 1.90. The Morgan fingerprint density at radius 3 is 3.09 bits per heavy atom. The number of rotatable bonds is 5. The first kappa shape index (κ1) is 16.0. The lowest BCUT2D eigenvalue weighted by molar-refractivity contribution is 0.0955. The van der Waals surface area contributed by atoms with Crippen LogP contribution >= 0.6 is 11.3 Å². The van der Waals surface area contributed by atoms with E-state index in [1.807, 2.05) is 0 Å². The van der Waals surface area contributed by atoms with Crippen LogP contribution in [0.4, 0.5) is 0 Å². The van der Waals surface area contributed by atoms with E-state index in [2.05, 4.69) is 28.5 Å². The molecule has 2 aliphatic rings. The van der Waals surface area contributed by atoms with Gasteiger partial charge in [-0.3, -0.25) is 4.79 Å². The van der Waals surface area contributed by atoms with Crippen molar-refractivity contribution in [3.8, 4) is 0 Å². The van der Waals surface area contributed by atoms with Crippen LogP contribution < -0.4 is 10.6 Å². The Kier molecular flexibility index (Phi) is 5.50. The van der Waals surface area contributed by atoms with Crippen LogP contribution in [0.5, 0.6) is 0 Å². The summed E-state index contributed by atoms with van der Waals surface area (Å²) in [7, 11) is 0. The number of amides is 1. The average Bonchev–Trinajstić information content (AvgIpc) is 2.95. The van der Waals surface area contributed by atoms with Crippen molar-refractivity contribution < 1.29 is 4.79 Å². The molecule has 0 bridgehead atoms. The molecule has 0 radical (unpaired) electrons. The molecule has 2 heterocycles. The summed E-state index contributed by atoms with van der Waals surface area (Å²) >= 11 is 1.70. The summed E-state index contributed by atoms with van der Waals surface area (Å²) in [5, 5.41) is 6.45. The first-order chi connectivity index (χ1) is 10.7. The second kappa shape index (κ2) is 7.57. The SMILES string of the molecule is CC1CCc2sc(C(=O)NCCCN3CCNCC3)cc2C1. The Morgan fingerprint density at radius 1 is 1.45 bits per heavy atom. The van der Waals surface area contributed by atoms with Gasteiger partial charge in [0.25, 0.3) is 5.91 Å². The molecule has 1 amide bonds. The molecule has 0 saturated carbocycles. The Bertz CT molecular complexity index is 508. The monoisotopic (exact) mass is 321 g/mol. The molecule has 1 aliphatic carbocycles. The highest BCUT2D eigenvalue weighted by Gasteiger charge is 2.20. The lowest BCUT2D eigenvalue weighted by Gasteiger charge is -2.27. The van der Waals surface area contributed by atoms with Gasteiger partial charge < -0.3 is 15.5 Å². The van der Waals surface area contributed by atoms with E-state index in [4.69, 9.17) is 0 Å². The van der Waals surface area contributed by atoms with Crippen molar-refractivity contribution in [3.05, 3.63) is 21.4 Å². The molecular formula is C17H27N3OS. The Hall–Kier alpha value is -0.910. The molecule has 5 heteroatoms.